The molecule has 0 aromatic heterocycles. The molecule has 0 saturated heterocycles. The first-order chi connectivity index (χ1) is 10.4. The average Bonchev–Trinajstić information content (AvgIpc) is 2.50. The molecule has 114 valence electrons. The van der Waals surface area contributed by atoms with Gasteiger partial charge in [0, 0.05) is 13.6 Å². The lowest BCUT2D eigenvalue weighted by atomic mass is 10.1. The van der Waals surface area contributed by atoms with Crippen LogP contribution < -0.4 is 0 Å². The Labute approximate surface area is 131 Å². The van der Waals surface area contributed by atoms with E-state index in [1.165, 1.54) is 4.31 Å². The van der Waals surface area contributed by atoms with Crippen LogP contribution in [0.5, 0.6) is 0 Å². The second-order valence-electron chi connectivity index (χ2n) is 5.31. The van der Waals surface area contributed by atoms with Gasteiger partial charge in [0.25, 0.3) is 0 Å². The summed E-state index contributed by atoms with van der Waals surface area (Å²) in [5.41, 5.74) is 3.30. The Morgan fingerprint density at radius 2 is 1.55 bits per heavy atom. The molecular weight excluding hydrogens is 296 g/mol. The maximum absolute atomic E-state index is 12.4. The molecule has 0 bridgehead atoms. The molecule has 0 heterocycles. The number of aryl methyl sites for hydroxylation is 1. The van der Waals surface area contributed by atoms with Gasteiger partial charge in [0.2, 0.25) is 10.0 Å². The molecule has 0 N–H and O–H groups in total. The van der Waals surface area contributed by atoms with Crippen molar-refractivity contribution in [2.75, 3.05) is 7.05 Å². The summed E-state index contributed by atoms with van der Waals surface area (Å²) in [5, 5.41) is 8.76. The first kappa shape index (κ1) is 16.2. The largest absolute Gasteiger partial charge is 0.218 e. The van der Waals surface area contributed by atoms with Crippen LogP contribution in [0.25, 0.3) is 0 Å². The van der Waals surface area contributed by atoms with Crippen LogP contribution in [0.4, 0.5) is 0 Å². The number of nitriles is 1. The lowest BCUT2D eigenvalue weighted by Gasteiger charge is -2.17. The number of benzene rings is 2. The highest BCUT2D eigenvalue weighted by atomic mass is 32.2. The Balaban J connectivity index is 2.08. The molecule has 22 heavy (non-hydrogen) atoms. The predicted molar refractivity (Wildman–Crippen MR) is 86.4 cm³/mol. The van der Waals surface area contributed by atoms with E-state index in [1.54, 1.807) is 31.3 Å². The zero-order valence-corrected chi connectivity index (χ0v) is 13.5. The van der Waals surface area contributed by atoms with Gasteiger partial charge in [0.05, 0.1) is 17.4 Å². The molecule has 2 aromatic carbocycles. The molecule has 0 radical (unpaired) electrons. The molecule has 0 spiro atoms. The van der Waals surface area contributed by atoms with Gasteiger partial charge in [-0.15, -0.1) is 0 Å². The molecule has 0 aliphatic rings. The molecule has 2 rings (SSSR count). The fraction of sp³-hybridized carbons (Fsp3) is 0.235. The fourth-order valence-electron chi connectivity index (χ4n) is 2.05. The van der Waals surface area contributed by atoms with E-state index in [9.17, 15) is 8.42 Å². The first-order valence-corrected chi connectivity index (χ1v) is 8.50. The van der Waals surface area contributed by atoms with Crippen LogP contribution in [0.15, 0.2) is 48.5 Å². The summed E-state index contributed by atoms with van der Waals surface area (Å²) in [6.45, 7) is 2.34. The molecule has 0 fully saturated rings. The summed E-state index contributed by atoms with van der Waals surface area (Å²) in [6, 6.07) is 16.4. The Hall–Kier alpha value is -2.16. The highest BCUT2D eigenvalue weighted by Crippen LogP contribution is 2.14. The maximum atomic E-state index is 12.4. The van der Waals surface area contributed by atoms with E-state index in [4.69, 9.17) is 5.26 Å². The molecule has 0 atom stereocenters. The van der Waals surface area contributed by atoms with Gasteiger partial charge in [-0.25, -0.2) is 12.7 Å². The van der Waals surface area contributed by atoms with Crippen LogP contribution in [-0.2, 0) is 22.3 Å². The van der Waals surface area contributed by atoms with Crippen molar-refractivity contribution < 1.29 is 8.42 Å². The third-order valence-electron chi connectivity index (χ3n) is 3.43. The summed E-state index contributed by atoms with van der Waals surface area (Å²) in [4.78, 5) is 0. The van der Waals surface area contributed by atoms with Crippen LogP contribution in [0.2, 0.25) is 0 Å². The summed E-state index contributed by atoms with van der Waals surface area (Å²) >= 11 is 0. The Bertz CT molecular complexity index is 773. The third-order valence-corrected chi connectivity index (χ3v) is 5.21. The summed E-state index contributed by atoms with van der Waals surface area (Å²) in [5.74, 6) is -0.0684. The van der Waals surface area contributed by atoms with Gasteiger partial charge in [0.15, 0.2) is 0 Å². The fourth-order valence-corrected chi connectivity index (χ4v) is 3.23. The molecular formula is C17H18N2O2S. The van der Waals surface area contributed by atoms with Gasteiger partial charge in [-0.3, -0.25) is 0 Å². The van der Waals surface area contributed by atoms with Gasteiger partial charge in [-0.2, -0.15) is 5.26 Å². The van der Waals surface area contributed by atoms with Gasteiger partial charge in [-0.1, -0.05) is 42.0 Å². The Kier molecular flexibility index (Phi) is 4.96. The third kappa shape index (κ3) is 4.17. The summed E-state index contributed by atoms with van der Waals surface area (Å²) < 4.78 is 26.1. The van der Waals surface area contributed by atoms with Gasteiger partial charge < -0.3 is 0 Å². The topological polar surface area (TPSA) is 61.2 Å². The Morgan fingerprint density at radius 1 is 1.00 bits per heavy atom. The minimum atomic E-state index is -3.39. The minimum absolute atomic E-state index is 0.0684. The zero-order chi connectivity index (χ0) is 16.2. The maximum Gasteiger partial charge on any atom is 0.218 e. The molecule has 2 aromatic rings. The number of sulfonamides is 1. The van der Waals surface area contributed by atoms with Gasteiger partial charge in [-0.05, 0) is 30.2 Å². The zero-order valence-electron chi connectivity index (χ0n) is 12.7. The lowest BCUT2D eigenvalue weighted by molar-refractivity contribution is 0.466. The van der Waals surface area contributed by atoms with E-state index in [2.05, 4.69) is 0 Å². The van der Waals surface area contributed by atoms with Crippen molar-refractivity contribution in [3.63, 3.8) is 0 Å². The monoisotopic (exact) mass is 314 g/mol. The molecule has 0 saturated carbocycles. The molecule has 5 heteroatoms. The second-order valence-corrected chi connectivity index (χ2v) is 7.38. The SMILES string of the molecule is Cc1ccc(CN(C)S(=O)(=O)Cc2ccc(C#N)cc2)cc1. The van der Waals surface area contributed by atoms with Gasteiger partial charge >= 0.3 is 0 Å². The predicted octanol–water partition coefficient (Wildman–Crippen LogP) is 2.83. The Morgan fingerprint density at radius 3 is 2.09 bits per heavy atom. The smallest absolute Gasteiger partial charge is 0.212 e. The van der Waals surface area contributed by atoms with E-state index in [1.807, 2.05) is 37.3 Å². The highest BCUT2D eigenvalue weighted by Gasteiger charge is 2.18. The average molecular weight is 314 g/mol. The number of hydrogen-bond donors (Lipinski definition) is 0. The van der Waals surface area contributed by atoms with Crippen LogP contribution in [0, 0.1) is 18.3 Å². The van der Waals surface area contributed by atoms with Crippen molar-refractivity contribution in [1.29, 1.82) is 5.26 Å². The normalized spacial score (nSPS) is 11.4. The minimum Gasteiger partial charge on any atom is -0.212 e. The van der Waals surface area contributed by atoms with Gasteiger partial charge in [0.1, 0.15) is 0 Å². The van der Waals surface area contributed by atoms with Crippen molar-refractivity contribution in [2.24, 2.45) is 0 Å². The van der Waals surface area contributed by atoms with Crippen molar-refractivity contribution >= 4 is 10.0 Å². The van der Waals surface area contributed by atoms with Crippen LogP contribution in [0.1, 0.15) is 22.3 Å². The van der Waals surface area contributed by atoms with Crippen molar-refractivity contribution in [3.8, 4) is 6.07 Å². The molecule has 0 amide bonds. The first-order valence-electron chi connectivity index (χ1n) is 6.89. The van der Waals surface area contributed by atoms with E-state index in [-0.39, 0.29) is 5.75 Å². The van der Waals surface area contributed by atoms with Crippen molar-refractivity contribution in [2.45, 2.75) is 19.2 Å². The summed E-state index contributed by atoms with van der Waals surface area (Å²) in [6.07, 6.45) is 0. The van der Waals surface area contributed by atoms with E-state index in [0.717, 1.165) is 11.1 Å². The lowest BCUT2D eigenvalue weighted by Crippen LogP contribution is -2.27. The van der Waals surface area contributed by atoms with E-state index >= 15 is 0 Å². The molecule has 0 unspecified atom stereocenters. The number of hydrogen-bond acceptors (Lipinski definition) is 3. The number of rotatable bonds is 5. The van der Waals surface area contributed by atoms with Crippen molar-refractivity contribution in [3.05, 3.63) is 70.8 Å². The van der Waals surface area contributed by atoms with E-state index in [0.29, 0.717) is 17.7 Å². The van der Waals surface area contributed by atoms with Crippen LogP contribution in [0.3, 0.4) is 0 Å². The second kappa shape index (κ2) is 6.73. The van der Waals surface area contributed by atoms with Crippen molar-refractivity contribution in [1.82, 2.24) is 4.31 Å². The standard InChI is InChI=1S/C17H18N2O2S/c1-14-3-5-16(6-4-14)12-19(2)22(20,21)13-17-9-7-15(11-18)8-10-17/h3-10H,12-13H2,1-2H3. The summed E-state index contributed by atoms with van der Waals surface area (Å²) in [7, 11) is -1.81. The van der Waals surface area contributed by atoms with Crippen LogP contribution >= 0.6 is 0 Å². The van der Waals surface area contributed by atoms with Crippen LogP contribution in [-0.4, -0.2) is 19.8 Å². The molecule has 0 aliphatic carbocycles. The molecule has 4 nitrogen and oxygen atoms in total. The molecule has 0 aliphatic heterocycles. The number of nitrogens with zero attached hydrogens (tertiary/aromatic N) is 2. The highest BCUT2D eigenvalue weighted by molar-refractivity contribution is 7.88. The van der Waals surface area contributed by atoms with E-state index < -0.39 is 10.0 Å². The quantitative estimate of drug-likeness (QED) is 0.852.